The molecule has 1 aliphatic heterocycles. The van der Waals surface area contributed by atoms with Crippen molar-refractivity contribution in [2.75, 3.05) is 31.6 Å². The molecule has 1 aromatic heterocycles. The van der Waals surface area contributed by atoms with Crippen LogP contribution in [0.3, 0.4) is 0 Å². The van der Waals surface area contributed by atoms with Crippen LogP contribution in [-0.2, 0) is 13.2 Å². The molecule has 1 saturated heterocycles. The van der Waals surface area contributed by atoms with Gasteiger partial charge in [-0.25, -0.2) is 4.79 Å². The minimum absolute atomic E-state index is 0.270. The van der Waals surface area contributed by atoms with Crippen LogP contribution in [0.1, 0.15) is 36.9 Å². The number of urea groups is 1. The molecule has 8 nitrogen and oxygen atoms in total. The summed E-state index contributed by atoms with van der Waals surface area (Å²) in [5, 5.41) is 15.6. The molecular weight excluding hydrogens is 618 g/mol. The number of ether oxygens (including phenoxy) is 2. The average Bonchev–Trinajstić information content (AvgIpc) is 3.61. The number of benzene rings is 3. The van der Waals surface area contributed by atoms with Crippen LogP contribution in [0.2, 0.25) is 0 Å². The van der Waals surface area contributed by atoms with E-state index in [1.54, 1.807) is 12.1 Å². The van der Waals surface area contributed by atoms with Gasteiger partial charge in [0, 0.05) is 23.9 Å². The van der Waals surface area contributed by atoms with Crippen molar-refractivity contribution in [2.45, 2.75) is 38.8 Å². The number of anilines is 1. The fourth-order valence-electron chi connectivity index (χ4n) is 6.11. The van der Waals surface area contributed by atoms with E-state index in [9.17, 15) is 4.79 Å². The third kappa shape index (κ3) is 7.95. The maximum absolute atomic E-state index is 12.6. The SMILES string of the molecule is O=C(NCc1ccc(Br)nn1)Nc1ccc(OCc2ccc(OCCN3CCCC(C4C=CCC4)C3)cc2)c2ccccc12. The van der Waals surface area contributed by atoms with E-state index in [0.29, 0.717) is 29.2 Å². The number of rotatable bonds is 11. The number of aromatic nitrogens is 2. The van der Waals surface area contributed by atoms with Crippen LogP contribution in [-0.4, -0.2) is 47.4 Å². The second-order valence-corrected chi connectivity index (χ2v) is 12.3. The predicted octanol–water partition coefficient (Wildman–Crippen LogP) is 7.35. The van der Waals surface area contributed by atoms with Gasteiger partial charge in [-0.2, -0.15) is 5.10 Å². The van der Waals surface area contributed by atoms with Crippen molar-refractivity contribution < 1.29 is 14.3 Å². The van der Waals surface area contributed by atoms with Crippen LogP contribution in [0.25, 0.3) is 10.8 Å². The second-order valence-electron chi connectivity index (χ2n) is 11.5. The lowest BCUT2D eigenvalue weighted by Crippen LogP contribution is -2.39. The fraction of sp³-hybridized carbons (Fsp3) is 0.343. The minimum atomic E-state index is -0.322. The van der Waals surface area contributed by atoms with Gasteiger partial charge in [0.15, 0.2) is 0 Å². The third-order valence-corrected chi connectivity index (χ3v) is 8.86. The lowest BCUT2D eigenvalue weighted by Gasteiger charge is -2.35. The first-order chi connectivity index (χ1) is 21.6. The minimum Gasteiger partial charge on any atom is -0.492 e. The highest BCUT2D eigenvalue weighted by molar-refractivity contribution is 9.10. The summed E-state index contributed by atoms with van der Waals surface area (Å²) in [7, 11) is 0. The summed E-state index contributed by atoms with van der Waals surface area (Å²) < 4.78 is 13.0. The highest BCUT2D eigenvalue weighted by Crippen LogP contribution is 2.33. The Balaban J connectivity index is 0.985. The summed E-state index contributed by atoms with van der Waals surface area (Å²) in [6.45, 7) is 4.73. The summed E-state index contributed by atoms with van der Waals surface area (Å²) >= 11 is 3.26. The van der Waals surface area contributed by atoms with Gasteiger partial charge in [-0.1, -0.05) is 48.6 Å². The molecule has 2 N–H and O–H groups in total. The number of carbonyl (C=O) groups excluding carboxylic acids is 1. The summed E-state index contributed by atoms with van der Waals surface area (Å²) in [5.74, 6) is 3.21. The Kier molecular flexibility index (Phi) is 10.0. The molecule has 2 amide bonds. The predicted molar refractivity (Wildman–Crippen MR) is 177 cm³/mol. The van der Waals surface area contributed by atoms with Crippen molar-refractivity contribution in [3.05, 3.63) is 101 Å². The van der Waals surface area contributed by atoms with E-state index in [-0.39, 0.29) is 12.6 Å². The van der Waals surface area contributed by atoms with E-state index < -0.39 is 0 Å². The first-order valence-electron chi connectivity index (χ1n) is 15.4. The molecule has 2 heterocycles. The number of amides is 2. The van der Waals surface area contributed by atoms with Crippen molar-refractivity contribution in [1.29, 1.82) is 0 Å². The smallest absolute Gasteiger partial charge is 0.319 e. The molecule has 0 spiro atoms. The molecule has 2 aliphatic rings. The average molecular weight is 657 g/mol. The van der Waals surface area contributed by atoms with Gasteiger partial charge in [0.1, 0.15) is 29.3 Å². The Bertz CT molecular complexity index is 1580. The molecule has 3 aromatic carbocycles. The van der Waals surface area contributed by atoms with Crippen LogP contribution in [0.15, 0.2) is 89.6 Å². The number of piperidine rings is 1. The van der Waals surface area contributed by atoms with E-state index in [0.717, 1.165) is 46.2 Å². The van der Waals surface area contributed by atoms with Crippen molar-refractivity contribution in [2.24, 2.45) is 11.8 Å². The molecule has 9 heteroatoms. The van der Waals surface area contributed by atoms with Gasteiger partial charge in [0.05, 0.1) is 17.9 Å². The molecule has 0 radical (unpaired) electrons. The Morgan fingerprint density at radius 2 is 1.82 bits per heavy atom. The van der Waals surface area contributed by atoms with Crippen LogP contribution in [0, 0.1) is 11.8 Å². The van der Waals surface area contributed by atoms with Crippen molar-refractivity contribution in [3.8, 4) is 11.5 Å². The maximum Gasteiger partial charge on any atom is 0.319 e. The number of nitrogens with zero attached hydrogens (tertiary/aromatic N) is 3. The monoisotopic (exact) mass is 655 g/mol. The molecule has 6 rings (SSSR count). The molecule has 2 unspecified atom stereocenters. The third-order valence-electron chi connectivity index (χ3n) is 8.44. The van der Waals surface area contributed by atoms with Crippen LogP contribution in [0.4, 0.5) is 10.5 Å². The number of likely N-dealkylation sites (tertiary alicyclic amines) is 1. The Morgan fingerprint density at radius 1 is 0.955 bits per heavy atom. The van der Waals surface area contributed by atoms with Crippen LogP contribution < -0.4 is 20.1 Å². The molecule has 1 fully saturated rings. The summed E-state index contributed by atoms with van der Waals surface area (Å²) in [6.07, 6.45) is 10.0. The Hall–Kier alpha value is -3.95. The topological polar surface area (TPSA) is 88.6 Å². The molecule has 228 valence electrons. The highest BCUT2D eigenvalue weighted by Gasteiger charge is 2.26. The molecule has 2 atom stereocenters. The van der Waals surface area contributed by atoms with Gasteiger partial charge in [-0.15, -0.1) is 5.10 Å². The second kappa shape index (κ2) is 14.7. The largest absolute Gasteiger partial charge is 0.492 e. The zero-order valence-corrected chi connectivity index (χ0v) is 26.3. The molecule has 1 aliphatic carbocycles. The standard InChI is InChI=1S/C35H38BrN5O3/c36-34-18-13-28(39-40-34)22-37-35(42)38-32-16-17-33(31-10-4-3-9-30(31)32)44-24-25-11-14-29(15-12-25)43-21-20-41-19-5-8-27(23-41)26-6-1-2-7-26/h1,3-4,6,9-18,26-27H,2,5,7-8,19-24H2,(H2,37,38,42). The van der Waals surface area contributed by atoms with E-state index in [1.807, 2.05) is 48.5 Å². The number of allylic oxidation sites excluding steroid dienone is 2. The van der Waals surface area contributed by atoms with Gasteiger partial charge in [0.2, 0.25) is 0 Å². The molecule has 0 saturated carbocycles. The molecule has 44 heavy (non-hydrogen) atoms. The number of nitrogens with one attached hydrogen (secondary N) is 2. The van der Waals surface area contributed by atoms with Crippen molar-refractivity contribution >= 4 is 38.4 Å². The zero-order chi connectivity index (χ0) is 30.1. The van der Waals surface area contributed by atoms with Crippen molar-refractivity contribution in [3.63, 3.8) is 0 Å². The van der Waals surface area contributed by atoms with Crippen LogP contribution in [0.5, 0.6) is 11.5 Å². The number of halogens is 1. The Labute approximate surface area is 267 Å². The van der Waals surface area contributed by atoms with Crippen LogP contribution >= 0.6 is 15.9 Å². The van der Waals surface area contributed by atoms with E-state index >= 15 is 0 Å². The van der Waals surface area contributed by atoms with Gasteiger partial charge < -0.3 is 20.1 Å². The lowest BCUT2D eigenvalue weighted by atomic mass is 9.85. The fourth-order valence-corrected chi connectivity index (χ4v) is 6.32. The summed E-state index contributed by atoms with van der Waals surface area (Å²) in [4.78, 5) is 15.2. The number of hydrogen-bond donors (Lipinski definition) is 2. The normalized spacial score (nSPS) is 18.3. The van der Waals surface area contributed by atoms with Gasteiger partial charge >= 0.3 is 6.03 Å². The lowest BCUT2D eigenvalue weighted by molar-refractivity contribution is 0.127. The summed E-state index contributed by atoms with van der Waals surface area (Å²) in [5.41, 5.74) is 2.42. The van der Waals surface area contributed by atoms with Gasteiger partial charge in [-0.05, 0) is 102 Å². The molecule has 0 bridgehead atoms. The highest BCUT2D eigenvalue weighted by atomic mass is 79.9. The first-order valence-corrected chi connectivity index (χ1v) is 16.2. The molecular formula is C35H38BrN5O3. The van der Waals surface area contributed by atoms with Gasteiger partial charge in [-0.3, -0.25) is 4.90 Å². The number of hydrogen-bond acceptors (Lipinski definition) is 6. The van der Waals surface area contributed by atoms with E-state index in [1.165, 1.54) is 38.8 Å². The van der Waals surface area contributed by atoms with E-state index in [2.05, 4.69) is 65.9 Å². The first kappa shape index (κ1) is 30.1. The summed E-state index contributed by atoms with van der Waals surface area (Å²) in [6, 6.07) is 23.1. The number of fused-ring (bicyclic) bond motifs is 1. The van der Waals surface area contributed by atoms with E-state index in [4.69, 9.17) is 9.47 Å². The quantitative estimate of drug-likeness (QED) is 0.164. The number of carbonyl (C=O) groups is 1. The Morgan fingerprint density at radius 3 is 2.61 bits per heavy atom. The maximum atomic E-state index is 12.6. The zero-order valence-electron chi connectivity index (χ0n) is 24.8. The van der Waals surface area contributed by atoms with Gasteiger partial charge in [0.25, 0.3) is 0 Å². The van der Waals surface area contributed by atoms with Crippen molar-refractivity contribution in [1.82, 2.24) is 20.4 Å². The molecule has 4 aromatic rings.